The molecule has 5 heteroatoms. The van der Waals surface area contributed by atoms with E-state index in [9.17, 15) is 4.79 Å². The van der Waals surface area contributed by atoms with Gasteiger partial charge in [-0.25, -0.2) is 0 Å². The molecule has 1 saturated heterocycles. The predicted molar refractivity (Wildman–Crippen MR) is 83.1 cm³/mol. The van der Waals surface area contributed by atoms with Gasteiger partial charge in [0.1, 0.15) is 0 Å². The molecule has 3 N–H and O–H groups in total. The Hall–Kier alpha value is -1.75. The molecule has 1 aromatic rings. The van der Waals surface area contributed by atoms with Crippen molar-refractivity contribution in [1.29, 1.82) is 0 Å². The van der Waals surface area contributed by atoms with Crippen LogP contribution in [0.3, 0.4) is 0 Å². The van der Waals surface area contributed by atoms with E-state index < -0.39 is 0 Å². The van der Waals surface area contributed by atoms with Crippen molar-refractivity contribution in [1.82, 2.24) is 10.2 Å². The van der Waals surface area contributed by atoms with Crippen molar-refractivity contribution in [2.24, 2.45) is 5.92 Å². The first-order valence-electron chi connectivity index (χ1n) is 6.97. The number of benzene rings is 1. The lowest BCUT2D eigenvalue weighted by Gasteiger charge is -2.23. The summed E-state index contributed by atoms with van der Waals surface area (Å²) in [4.78, 5) is 16.2. The minimum absolute atomic E-state index is 0.107. The normalized spacial score (nSPS) is 22.4. The summed E-state index contributed by atoms with van der Waals surface area (Å²) in [5.41, 5.74) is 8.41. The first-order chi connectivity index (χ1) is 9.43. The molecule has 2 unspecified atom stereocenters. The third kappa shape index (κ3) is 2.72. The highest BCUT2D eigenvalue weighted by molar-refractivity contribution is 5.96. The van der Waals surface area contributed by atoms with Gasteiger partial charge in [-0.15, -0.1) is 0 Å². The summed E-state index contributed by atoms with van der Waals surface area (Å²) in [5.74, 6) is 0.493. The van der Waals surface area contributed by atoms with Crippen LogP contribution in [0.5, 0.6) is 0 Å². The molecule has 110 valence electrons. The Morgan fingerprint density at radius 3 is 2.60 bits per heavy atom. The third-order valence-corrected chi connectivity index (χ3v) is 4.09. The summed E-state index contributed by atoms with van der Waals surface area (Å²) in [5, 5.41) is 2.61. The zero-order valence-electron chi connectivity index (χ0n) is 12.7. The van der Waals surface area contributed by atoms with Gasteiger partial charge in [-0.3, -0.25) is 4.79 Å². The quantitative estimate of drug-likeness (QED) is 0.809. The molecule has 1 aliphatic rings. The molecule has 1 fully saturated rings. The molecule has 1 aromatic carbocycles. The van der Waals surface area contributed by atoms with E-state index in [-0.39, 0.29) is 5.91 Å². The molecule has 0 spiro atoms. The van der Waals surface area contributed by atoms with Crippen LogP contribution in [-0.4, -0.2) is 51.1 Å². The first kappa shape index (κ1) is 14.7. The summed E-state index contributed by atoms with van der Waals surface area (Å²) in [6.45, 7) is 4.23. The van der Waals surface area contributed by atoms with E-state index >= 15 is 0 Å². The second-order valence-electron chi connectivity index (χ2n) is 5.77. The summed E-state index contributed by atoms with van der Waals surface area (Å²) in [6.07, 6.45) is 0. The lowest BCUT2D eigenvalue weighted by Crippen LogP contribution is -2.34. The average molecular weight is 276 g/mol. The van der Waals surface area contributed by atoms with E-state index in [1.807, 2.05) is 12.1 Å². The van der Waals surface area contributed by atoms with Crippen molar-refractivity contribution in [3.8, 4) is 0 Å². The first-order valence-corrected chi connectivity index (χ1v) is 6.97. The highest BCUT2D eigenvalue weighted by Crippen LogP contribution is 2.30. The maximum absolute atomic E-state index is 11.6. The molecule has 2 rings (SSSR count). The summed E-state index contributed by atoms with van der Waals surface area (Å²) >= 11 is 0. The van der Waals surface area contributed by atoms with Gasteiger partial charge in [0.05, 0.1) is 11.4 Å². The van der Waals surface area contributed by atoms with Crippen LogP contribution in [-0.2, 0) is 0 Å². The molecule has 1 amide bonds. The van der Waals surface area contributed by atoms with Crippen LogP contribution >= 0.6 is 0 Å². The summed E-state index contributed by atoms with van der Waals surface area (Å²) < 4.78 is 0. The molecule has 2 atom stereocenters. The average Bonchev–Trinajstić information content (AvgIpc) is 2.79. The molecule has 0 saturated carbocycles. The number of anilines is 2. The van der Waals surface area contributed by atoms with Gasteiger partial charge in [-0.1, -0.05) is 6.92 Å². The number of carbonyl (C=O) groups excluding carboxylic acids is 1. The number of nitrogens with two attached hydrogens (primary N) is 1. The van der Waals surface area contributed by atoms with Crippen molar-refractivity contribution in [2.75, 3.05) is 44.9 Å². The fourth-order valence-corrected chi connectivity index (χ4v) is 2.95. The van der Waals surface area contributed by atoms with Crippen molar-refractivity contribution >= 4 is 17.3 Å². The van der Waals surface area contributed by atoms with Crippen LogP contribution in [0, 0.1) is 5.92 Å². The fraction of sp³-hybridized carbons (Fsp3) is 0.533. The van der Waals surface area contributed by atoms with Crippen LogP contribution in [0.25, 0.3) is 0 Å². The van der Waals surface area contributed by atoms with Gasteiger partial charge in [-0.05, 0) is 38.2 Å². The van der Waals surface area contributed by atoms with Crippen molar-refractivity contribution in [3.05, 3.63) is 23.8 Å². The van der Waals surface area contributed by atoms with Crippen molar-refractivity contribution in [3.63, 3.8) is 0 Å². The standard InChI is InChI=1S/C15H24N4O/c1-10-8-19(9-14(10)18(3)4)13-6-5-11(7-12(13)16)15(20)17-2/h5-7,10,14H,8-9,16H2,1-4H3,(H,17,20). The number of hydrogen-bond acceptors (Lipinski definition) is 4. The topological polar surface area (TPSA) is 61.6 Å². The number of rotatable bonds is 3. The van der Waals surface area contributed by atoms with E-state index in [1.54, 1.807) is 13.1 Å². The van der Waals surface area contributed by atoms with E-state index in [0.29, 0.717) is 23.2 Å². The van der Waals surface area contributed by atoms with Crippen LogP contribution in [0.15, 0.2) is 18.2 Å². The minimum Gasteiger partial charge on any atom is -0.397 e. The SMILES string of the molecule is CNC(=O)c1ccc(N2CC(C)C(N(C)C)C2)c(N)c1. The van der Waals surface area contributed by atoms with Gasteiger partial charge in [-0.2, -0.15) is 0 Å². The third-order valence-electron chi connectivity index (χ3n) is 4.09. The summed E-state index contributed by atoms with van der Waals surface area (Å²) in [7, 11) is 5.85. The van der Waals surface area contributed by atoms with E-state index in [0.717, 1.165) is 18.8 Å². The Morgan fingerprint density at radius 2 is 2.10 bits per heavy atom. The van der Waals surface area contributed by atoms with E-state index in [4.69, 9.17) is 5.73 Å². The van der Waals surface area contributed by atoms with Crippen LogP contribution < -0.4 is 16.0 Å². The molecule has 0 radical (unpaired) electrons. The van der Waals surface area contributed by atoms with Gasteiger partial charge in [0.2, 0.25) is 0 Å². The second kappa shape index (κ2) is 5.71. The van der Waals surface area contributed by atoms with Crippen LogP contribution in [0.4, 0.5) is 11.4 Å². The zero-order chi connectivity index (χ0) is 14.9. The Balaban J connectivity index is 2.20. The smallest absolute Gasteiger partial charge is 0.251 e. The van der Waals surface area contributed by atoms with E-state index in [2.05, 4.69) is 36.1 Å². The van der Waals surface area contributed by atoms with Crippen LogP contribution in [0.2, 0.25) is 0 Å². The Bertz CT molecular complexity index is 501. The molecule has 0 aromatic heterocycles. The molecule has 20 heavy (non-hydrogen) atoms. The Morgan fingerprint density at radius 1 is 1.40 bits per heavy atom. The number of nitrogens with zero attached hydrogens (tertiary/aromatic N) is 2. The van der Waals surface area contributed by atoms with Crippen molar-refractivity contribution < 1.29 is 4.79 Å². The fourth-order valence-electron chi connectivity index (χ4n) is 2.95. The lowest BCUT2D eigenvalue weighted by molar-refractivity contribution is 0.0963. The number of nitrogen functional groups attached to an aromatic ring is 1. The molecular weight excluding hydrogens is 252 g/mol. The highest BCUT2D eigenvalue weighted by atomic mass is 16.1. The number of nitrogens with one attached hydrogen (secondary N) is 1. The predicted octanol–water partition coefficient (Wildman–Crippen LogP) is 1.01. The molecule has 5 nitrogen and oxygen atoms in total. The Labute approximate surface area is 120 Å². The van der Waals surface area contributed by atoms with E-state index in [1.165, 1.54) is 0 Å². The van der Waals surface area contributed by atoms with Crippen molar-refractivity contribution in [2.45, 2.75) is 13.0 Å². The maximum Gasteiger partial charge on any atom is 0.251 e. The van der Waals surface area contributed by atoms with Gasteiger partial charge in [0.15, 0.2) is 0 Å². The number of amides is 1. The monoisotopic (exact) mass is 276 g/mol. The second-order valence-corrected chi connectivity index (χ2v) is 5.77. The number of hydrogen-bond donors (Lipinski definition) is 2. The lowest BCUT2D eigenvalue weighted by atomic mass is 10.1. The molecule has 1 heterocycles. The van der Waals surface area contributed by atoms with Gasteiger partial charge in [0, 0.05) is 31.7 Å². The highest BCUT2D eigenvalue weighted by Gasteiger charge is 2.31. The molecular formula is C15H24N4O. The number of carbonyl (C=O) groups is 1. The molecule has 0 aliphatic carbocycles. The molecule has 1 aliphatic heterocycles. The molecule has 0 bridgehead atoms. The minimum atomic E-state index is -0.107. The zero-order valence-corrected chi connectivity index (χ0v) is 12.7. The summed E-state index contributed by atoms with van der Waals surface area (Å²) in [6, 6.07) is 6.07. The van der Waals surface area contributed by atoms with Crippen LogP contribution in [0.1, 0.15) is 17.3 Å². The maximum atomic E-state index is 11.6. The number of likely N-dealkylation sites (N-methyl/N-ethyl adjacent to an activating group) is 1. The van der Waals surface area contributed by atoms with Gasteiger partial charge >= 0.3 is 0 Å². The van der Waals surface area contributed by atoms with Gasteiger partial charge < -0.3 is 20.9 Å². The van der Waals surface area contributed by atoms with Gasteiger partial charge in [0.25, 0.3) is 5.91 Å². The Kier molecular flexibility index (Phi) is 4.18. The largest absolute Gasteiger partial charge is 0.397 e.